The Kier molecular flexibility index (Phi) is 3.39. The first kappa shape index (κ1) is 12.4. The average Bonchev–Trinajstić information content (AvgIpc) is 2.24. The summed E-state index contributed by atoms with van der Waals surface area (Å²) < 4.78 is 0. The second-order valence-corrected chi connectivity index (χ2v) is 5.92. The lowest BCUT2D eigenvalue weighted by molar-refractivity contribution is -0.118. The van der Waals surface area contributed by atoms with Crippen LogP contribution < -0.4 is 0 Å². The molecule has 0 aromatic heterocycles. The van der Waals surface area contributed by atoms with E-state index < -0.39 is 0 Å². The fourth-order valence-electron chi connectivity index (χ4n) is 2.16. The number of ketones is 1. The van der Waals surface area contributed by atoms with Crippen molar-refractivity contribution >= 4 is 23.5 Å². The van der Waals surface area contributed by atoms with Gasteiger partial charge in [0.2, 0.25) is 0 Å². The molecule has 0 spiro atoms. The Balaban J connectivity index is 2.18. The summed E-state index contributed by atoms with van der Waals surface area (Å²) in [5.41, 5.74) is 2.16. The third kappa shape index (κ3) is 3.19. The highest BCUT2D eigenvalue weighted by molar-refractivity contribution is 6.30. The van der Waals surface area contributed by atoms with Gasteiger partial charge in [-0.05, 0) is 47.6 Å². The van der Waals surface area contributed by atoms with Gasteiger partial charge in [0, 0.05) is 11.4 Å². The molecule has 1 aromatic carbocycles. The van der Waals surface area contributed by atoms with Gasteiger partial charge in [-0.3, -0.25) is 4.79 Å². The lowest BCUT2D eigenvalue weighted by atomic mass is 9.74. The van der Waals surface area contributed by atoms with Gasteiger partial charge >= 0.3 is 0 Å². The van der Waals surface area contributed by atoms with Crippen LogP contribution in [0.15, 0.2) is 29.8 Å². The minimum absolute atomic E-state index is 0.161. The fourth-order valence-corrected chi connectivity index (χ4v) is 2.29. The predicted molar refractivity (Wildman–Crippen MR) is 72.1 cm³/mol. The van der Waals surface area contributed by atoms with Crippen LogP contribution in [0.1, 0.15) is 38.7 Å². The maximum absolute atomic E-state index is 12.0. The van der Waals surface area contributed by atoms with Crippen LogP contribution in [0.2, 0.25) is 5.02 Å². The number of hydrogen-bond donors (Lipinski definition) is 0. The topological polar surface area (TPSA) is 17.1 Å². The van der Waals surface area contributed by atoms with Gasteiger partial charge in [-0.2, -0.15) is 0 Å². The number of halogens is 1. The number of hydrogen-bond acceptors (Lipinski definition) is 1. The van der Waals surface area contributed by atoms with E-state index in [1.165, 1.54) is 0 Å². The zero-order chi connectivity index (χ0) is 12.5. The molecular formula is C15H17ClO. The Hall–Kier alpha value is -1.08. The molecule has 1 aliphatic carbocycles. The highest BCUT2D eigenvalue weighted by Crippen LogP contribution is 2.36. The molecular weight excluding hydrogens is 232 g/mol. The number of carbonyl (C=O) groups is 1. The van der Waals surface area contributed by atoms with E-state index in [4.69, 9.17) is 11.6 Å². The molecule has 0 radical (unpaired) electrons. The Labute approximate surface area is 107 Å². The van der Waals surface area contributed by atoms with Gasteiger partial charge < -0.3 is 0 Å². The van der Waals surface area contributed by atoms with Gasteiger partial charge in [0.1, 0.15) is 0 Å². The molecule has 1 nitrogen and oxygen atoms in total. The van der Waals surface area contributed by atoms with E-state index in [0.717, 1.165) is 29.0 Å². The van der Waals surface area contributed by atoms with Crippen molar-refractivity contribution in [2.75, 3.05) is 0 Å². The van der Waals surface area contributed by atoms with Crippen LogP contribution in [0.5, 0.6) is 0 Å². The lowest BCUT2D eigenvalue weighted by Crippen LogP contribution is -2.24. The van der Waals surface area contributed by atoms with E-state index in [0.29, 0.717) is 6.42 Å². The predicted octanol–water partition coefficient (Wildman–Crippen LogP) is 4.50. The minimum Gasteiger partial charge on any atom is -0.295 e. The molecule has 0 amide bonds. The third-order valence-corrected chi connectivity index (χ3v) is 3.53. The van der Waals surface area contributed by atoms with Crippen molar-refractivity contribution in [3.8, 4) is 0 Å². The van der Waals surface area contributed by atoms with Crippen LogP contribution >= 0.6 is 11.6 Å². The Morgan fingerprint density at radius 3 is 2.47 bits per heavy atom. The monoisotopic (exact) mass is 248 g/mol. The second kappa shape index (κ2) is 4.66. The normalized spacial score (nSPS) is 21.8. The molecule has 1 fully saturated rings. The molecule has 2 heteroatoms. The van der Waals surface area contributed by atoms with Crippen molar-refractivity contribution in [1.29, 1.82) is 0 Å². The van der Waals surface area contributed by atoms with Gasteiger partial charge in [-0.1, -0.05) is 37.6 Å². The molecule has 1 saturated carbocycles. The SMILES string of the molecule is CC1(C)CCC(=Cc2ccc(Cl)cc2)C(=O)C1. The number of rotatable bonds is 1. The number of carbonyl (C=O) groups excluding carboxylic acids is 1. The molecule has 0 N–H and O–H groups in total. The van der Waals surface area contributed by atoms with E-state index in [9.17, 15) is 4.79 Å². The van der Waals surface area contributed by atoms with Crippen molar-refractivity contribution in [2.24, 2.45) is 5.41 Å². The number of Topliss-reactive ketones (excluding diaryl/α,β-unsaturated/α-hetero) is 1. The van der Waals surface area contributed by atoms with Crippen LogP contribution in [0, 0.1) is 5.41 Å². The molecule has 0 bridgehead atoms. The standard InChI is InChI=1S/C15H17ClO/c1-15(2)8-7-12(14(17)10-15)9-11-3-5-13(16)6-4-11/h3-6,9H,7-8,10H2,1-2H3. The fraction of sp³-hybridized carbons (Fsp3) is 0.400. The first-order chi connectivity index (χ1) is 7.96. The molecule has 90 valence electrons. The van der Waals surface area contributed by atoms with Crippen LogP contribution in [-0.4, -0.2) is 5.78 Å². The van der Waals surface area contributed by atoms with Crippen molar-refractivity contribution in [1.82, 2.24) is 0 Å². The molecule has 17 heavy (non-hydrogen) atoms. The largest absolute Gasteiger partial charge is 0.295 e. The summed E-state index contributed by atoms with van der Waals surface area (Å²) >= 11 is 5.83. The van der Waals surface area contributed by atoms with E-state index in [2.05, 4.69) is 13.8 Å². The van der Waals surface area contributed by atoms with E-state index >= 15 is 0 Å². The van der Waals surface area contributed by atoms with E-state index in [1.54, 1.807) is 0 Å². The summed E-state index contributed by atoms with van der Waals surface area (Å²) in [5.74, 6) is 0.288. The zero-order valence-electron chi connectivity index (χ0n) is 10.3. The first-order valence-electron chi connectivity index (χ1n) is 5.96. The molecule has 0 aliphatic heterocycles. The molecule has 0 heterocycles. The van der Waals surface area contributed by atoms with Crippen LogP contribution in [-0.2, 0) is 4.79 Å². The molecule has 1 aliphatic rings. The summed E-state index contributed by atoms with van der Waals surface area (Å²) in [6.45, 7) is 4.31. The van der Waals surface area contributed by atoms with Crippen molar-refractivity contribution in [2.45, 2.75) is 33.1 Å². The van der Waals surface area contributed by atoms with Crippen molar-refractivity contribution in [3.05, 3.63) is 40.4 Å². The van der Waals surface area contributed by atoms with Crippen LogP contribution in [0.4, 0.5) is 0 Å². The summed E-state index contributed by atoms with van der Waals surface area (Å²) in [4.78, 5) is 12.0. The Bertz CT molecular complexity index is 454. The van der Waals surface area contributed by atoms with Gasteiger partial charge in [-0.25, -0.2) is 0 Å². The van der Waals surface area contributed by atoms with Crippen molar-refractivity contribution in [3.63, 3.8) is 0 Å². The van der Waals surface area contributed by atoms with Gasteiger partial charge in [-0.15, -0.1) is 0 Å². The van der Waals surface area contributed by atoms with Crippen LogP contribution in [0.3, 0.4) is 0 Å². The summed E-state index contributed by atoms with van der Waals surface area (Å²) in [5, 5.41) is 0.725. The van der Waals surface area contributed by atoms with Crippen molar-refractivity contribution < 1.29 is 4.79 Å². The first-order valence-corrected chi connectivity index (χ1v) is 6.33. The summed E-state index contributed by atoms with van der Waals surface area (Å²) in [6.07, 6.45) is 4.62. The van der Waals surface area contributed by atoms with Gasteiger partial charge in [0.25, 0.3) is 0 Å². The molecule has 2 rings (SSSR count). The molecule has 0 atom stereocenters. The number of allylic oxidation sites excluding steroid dienone is 1. The third-order valence-electron chi connectivity index (χ3n) is 3.28. The van der Waals surface area contributed by atoms with Gasteiger partial charge in [0.05, 0.1) is 0 Å². The second-order valence-electron chi connectivity index (χ2n) is 5.49. The maximum Gasteiger partial charge on any atom is 0.159 e. The highest BCUT2D eigenvalue weighted by Gasteiger charge is 2.29. The van der Waals surface area contributed by atoms with E-state index in [1.807, 2.05) is 30.3 Å². The van der Waals surface area contributed by atoms with E-state index in [-0.39, 0.29) is 11.2 Å². The highest BCUT2D eigenvalue weighted by atomic mass is 35.5. The van der Waals surface area contributed by atoms with Gasteiger partial charge in [0.15, 0.2) is 5.78 Å². The van der Waals surface area contributed by atoms with Crippen LogP contribution in [0.25, 0.3) is 6.08 Å². The quantitative estimate of drug-likeness (QED) is 0.669. The Morgan fingerprint density at radius 2 is 1.88 bits per heavy atom. The maximum atomic E-state index is 12.0. The Morgan fingerprint density at radius 1 is 1.24 bits per heavy atom. The molecule has 1 aromatic rings. The summed E-state index contributed by atoms with van der Waals surface area (Å²) in [7, 11) is 0. The summed E-state index contributed by atoms with van der Waals surface area (Å²) in [6, 6.07) is 7.60. The smallest absolute Gasteiger partial charge is 0.159 e. The minimum atomic E-state index is 0.161. The lowest BCUT2D eigenvalue weighted by Gasteiger charge is -2.29. The zero-order valence-corrected chi connectivity index (χ0v) is 11.1. The molecule has 0 unspecified atom stereocenters. The molecule has 0 saturated heterocycles. The average molecular weight is 249 g/mol. The number of benzene rings is 1.